The molecular weight excluding hydrogens is 296 g/mol. The summed E-state index contributed by atoms with van der Waals surface area (Å²) in [7, 11) is -0.920. The van der Waals surface area contributed by atoms with Crippen molar-refractivity contribution in [3.05, 3.63) is 36.7 Å². The molecule has 0 spiro atoms. The minimum atomic E-state index is -0.920. The lowest BCUT2D eigenvalue weighted by Gasteiger charge is -2.03. The summed E-state index contributed by atoms with van der Waals surface area (Å²) in [6.45, 7) is 2.15. The maximum absolute atomic E-state index is 12.2. The number of H-pyrrole nitrogens is 1. The van der Waals surface area contributed by atoms with Gasteiger partial charge in [0.1, 0.15) is 5.82 Å². The first kappa shape index (κ1) is 14.8. The number of imidazole rings is 1. The van der Waals surface area contributed by atoms with E-state index in [1.807, 2.05) is 24.3 Å². The van der Waals surface area contributed by atoms with Gasteiger partial charge >= 0.3 is 0 Å². The van der Waals surface area contributed by atoms with E-state index < -0.39 is 10.8 Å². The van der Waals surface area contributed by atoms with Crippen molar-refractivity contribution >= 4 is 22.1 Å². The van der Waals surface area contributed by atoms with Gasteiger partial charge in [-0.1, -0.05) is 31.9 Å². The second-order valence-electron chi connectivity index (χ2n) is 5.10. The molecule has 22 heavy (non-hydrogen) atoms. The minimum Gasteiger partial charge on any atom is -0.321 e. The largest absolute Gasteiger partial charge is 0.321 e. The number of rotatable bonds is 6. The van der Waals surface area contributed by atoms with Crippen molar-refractivity contribution in [2.45, 2.75) is 31.1 Å². The Bertz CT molecular complexity index is 749. The number of unbranched alkanes of at least 4 members (excludes halogenated alkanes) is 2. The number of fused-ring (bicyclic) bond motifs is 1. The van der Waals surface area contributed by atoms with Crippen LogP contribution in [0, 0.1) is 0 Å². The molecule has 2 heterocycles. The van der Waals surface area contributed by atoms with E-state index in [2.05, 4.69) is 26.9 Å². The van der Waals surface area contributed by atoms with E-state index in [0.29, 0.717) is 11.3 Å². The predicted molar refractivity (Wildman–Crippen MR) is 87.9 cm³/mol. The van der Waals surface area contributed by atoms with Gasteiger partial charge in [-0.25, -0.2) is 15.0 Å². The van der Waals surface area contributed by atoms with Gasteiger partial charge in [-0.05, 0) is 18.6 Å². The zero-order chi connectivity index (χ0) is 15.4. The monoisotopic (exact) mass is 314 g/mol. The molecule has 0 saturated heterocycles. The van der Waals surface area contributed by atoms with Gasteiger partial charge in [0.2, 0.25) is 0 Å². The second-order valence-corrected chi connectivity index (χ2v) is 6.67. The Morgan fingerprint density at radius 2 is 1.86 bits per heavy atom. The first-order valence-corrected chi connectivity index (χ1v) is 8.75. The Morgan fingerprint density at radius 3 is 2.59 bits per heavy atom. The van der Waals surface area contributed by atoms with Crippen LogP contribution in [0.4, 0.5) is 0 Å². The molecule has 3 rings (SSSR count). The quantitative estimate of drug-likeness (QED) is 0.708. The van der Waals surface area contributed by atoms with E-state index in [1.165, 1.54) is 0 Å². The van der Waals surface area contributed by atoms with Crippen LogP contribution in [0.15, 0.2) is 41.6 Å². The van der Waals surface area contributed by atoms with Gasteiger partial charge in [0.05, 0.1) is 10.8 Å². The Hall–Kier alpha value is -2.08. The molecule has 1 unspecified atom stereocenters. The van der Waals surface area contributed by atoms with Gasteiger partial charge in [-0.2, -0.15) is 0 Å². The van der Waals surface area contributed by atoms with Gasteiger partial charge in [-0.3, -0.25) is 4.21 Å². The first-order chi connectivity index (χ1) is 10.8. The topological polar surface area (TPSA) is 71.5 Å². The summed E-state index contributed by atoms with van der Waals surface area (Å²) >= 11 is 0. The molecule has 0 aliphatic carbocycles. The van der Waals surface area contributed by atoms with Crippen LogP contribution < -0.4 is 0 Å². The molecule has 0 radical (unpaired) electrons. The van der Waals surface area contributed by atoms with Crippen molar-refractivity contribution in [2.75, 3.05) is 5.75 Å². The fourth-order valence-electron chi connectivity index (χ4n) is 2.25. The number of nitrogens with one attached hydrogen (secondary N) is 1. The number of benzene rings is 1. The summed E-state index contributed by atoms with van der Waals surface area (Å²) in [5, 5.41) is 0. The van der Waals surface area contributed by atoms with Crippen LogP contribution in [0.2, 0.25) is 0 Å². The van der Waals surface area contributed by atoms with Crippen LogP contribution in [-0.2, 0) is 10.8 Å². The minimum absolute atomic E-state index is 0.602. The van der Waals surface area contributed by atoms with E-state index in [-0.39, 0.29) is 0 Å². The molecule has 0 amide bonds. The lowest BCUT2D eigenvalue weighted by atomic mass is 10.2. The van der Waals surface area contributed by atoms with Crippen LogP contribution >= 0.6 is 0 Å². The molecule has 0 aliphatic heterocycles. The van der Waals surface area contributed by atoms with Gasteiger partial charge in [0, 0.05) is 28.6 Å². The molecular formula is C16H18N4OS. The molecule has 2 aromatic heterocycles. The highest BCUT2D eigenvalue weighted by molar-refractivity contribution is 7.85. The molecule has 1 N–H and O–H groups in total. The fourth-order valence-corrected chi connectivity index (χ4v) is 3.39. The second kappa shape index (κ2) is 6.79. The smallest absolute Gasteiger partial charge is 0.197 e. The van der Waals surface area contributed by atoms with Crippen LogP contribution in [-0.4, -0.2) is 29.9 Å². The molecule has 1 atom stereocenters. The Morgan fingerprint density at radius 1 is 1.09 bits per heavy atom. The third-order valence-electron chi connectivity index (χ3n) is 3.46. The van der Waals surface area contributed by atoms with E-state index in [0.717, 1.165) is 41.3 Å². The number of aromatic amines is 1. The van der Waals surface area contributed by atoms with Crippen molar-refractivity contribution in [1.29, 1.82) is 0 Å². The molecule has 0 fully saturated rings. The molecule has 114 valence electrons. The maximum atomic E-state index is 12.2. The van der Waals surface area contributed by atoms with Crippen LogP contribution in [0.5, 0.6) is 0 Å². The molecule has 3 aromatic rings. The number of hydrogen-bond acceptors (Lipinski definition) is 4. The van der Waals surface area contributed by atoms with Crippen LogP contribution in [0.25, 0.3) is 22.7 Å². The highest BCUT2D eigenvalue weighted by Crippen LogP contribution is 2.20. The molecule has 6 heteroatoms. The van der Waals surface area contributed by atoms with Crippen molar-refractivity contribution < 1.29 is 4.21 Å². The Kier molecular flexibility index (Phi) is 4.58. The van der Waals surface area contributed by atoms with Gasteiger partial charge in [0.15, 0.2) is 11.3 Å². The van der Waals surface area contributed by atoms with Crippen molar-refractivity contribution in [3.8, 4) is 11.4 Å². The van der Waals surface area contributed by atoms with E-state index >= 15 is 0 Å². The number of aromatic nitrogens is 4. The van der Waals surface area contributed by atoms with Crippen molar-refractivity contribution in [1.82, 2.24) is 19.9 Å². The summed E-state index contributed by atoms with van der Waals surface area (Å²) in [5.41, 5.74) is 2.21. The highest BCUT2D eigenvalue weighted by Gasteiger charge is 2.08. The van der Waals surface area contributed by atoms with E-state index in [4.69, 9.17) is 0 Å². The highest BCUT2D eigenvalue weighted by atomic mass is 32.2. The van der Waals surface area contributed by atoms with E-state index in [9.17, 15) is 4.21 Å². The average Bonchev–Trinajstić information content (AvgIpc) is 2.99. The molecule has 0 aliphatic rings. The first-order valence-electron chi connectivity index (χ1n) is 7.43. The molecule has 0 bridgehead atoms. The summed E-state index contributed by atoms with van der Waals surface area (Å²) in [4.78, 5) is 16.8. The normalized spacial score (nSPS) is 12.6. The van der Waals surface area contributed by atoms with E-state index in [1.54, 1.807) is 12.4 Å². The van der Waals surface area contributed by atoms with Gasteiger partial charge < -0.3 is 4.98 Å². The van der Waals surface area contributed by atoms with Crippen molar-refractivity contribution in [2.24, 2.45) is 0 Å². The zero-order valence-corrected chi connectivity index (χ0v) is 13.3. The van der Waals surface area contributed by atoms with Crippen LogP contribution in [0.1, 0.15) is 26.2 Å². The number of nitrogens with zero attached hydrogens (tertiary/aromatic N) is 3. The van der Waals surface area contributed by atoms with Crippen LogP contribution in [0.3, 0.4) is 0 Å². The maximum Gasteiger partial charge on any atom is 0.197 e. The number of hydrogen-bond donors (Lipinski definition) is 1. The zero-order valence-electron chi connectivity index (χ0n) is 12.5. The molecule has 5 nitrogen and oxygen atoms in total. The fraction of sp³-hybridized carbons (Fsp3) is 0.312. The average molecular weight is 314 g/mol. The van der Waals surface area contributed by atoms with Gasteiger partial charge in [-0.15, -0.1) is 0 Å². The predicted octanol–water partition coefficient (Wildman–Crippen LogP) is 3.32. The molecule has 0 saturated carbocycles. The molecule has 1 aromatic carbocycles. The summed E-state index contributed by atoms with van der Waals surface area (Å²) in [6, 6.07) is 7.69. The van der Waals surface area contributed by atoms with Gasteiger partial charge in [0.25, 0.3) is 0 Å². The summed E-state index contributed by atoms with van der Waals surface area (Å²) in [6.07, 6.45) is 6.53. The third kappa shape index (κ3) is 3.22. The summed E-state index contributed by atoms with van der Waals surface area (Å²) in [5.74, 6) is 1.45. The lowest BCUT2D eigenvalue weighted by molar-refractivity contribution is 0.676. The summed E-state index contributed by atoms with van der Waals surface area (Å²) < 4.78 is 12.2. The lowest BCUT2D eigenvalue weighted by Crippen LogP contribution is -1.98. The SMILES string of the molecule is CCCCCS(=O)c1ccc(-c2nc3nccnc3[nH]2)cc1. The Balaban J connectivity index is 1.77. The Labute approximate surface area is 131 Å². The van der Waals surface area contributed by atoms with Crippen molar-refractivity contribution in [3.63, 3.8) is 0 Å². The standard InChI is InChI=1S/C16H18N4OS/c1-2-3-4-11-22(21)13-7-5-12(6-8-13)14-19-15-16(20-14)18-10-9-17-15/h5-10H,2-4,11H2,1H3,(H,17,18,19,20). The third-order valence-corrected chi connectivity index (χ3v) is 4.91.